The summed E-state index contributed by atoms with van der Waals surface area (Å²) in [4.78, 5) is 0. The Balaban J connectivity index is 2.30. The molecule has 0 amide bonds. The molecule has 23 valence electrons. The van der Waals surface area contributed by atoms with E-state index in [1.807, 2.05) is 0 Å². The third-order valence-corrected chi connectivity index (χ3v) is 0.0962. The van der Waals surface area contributed by atoms with E-state index in [1.54, 1.807) is 0 Å². The number of nitrogens with two attached hydrogens (primary N) is 1. The molecule has 0 saturated heterocycles. The largest absolute Gasteiger partial charge is 0.322 e. The van der Waals surface area contributed by atoms with E-state index in [9.17, 15) is 0 Å². The van der Waals surface area contributed by atoms with E-state index in [2.05, 4.69) is 5.73 Å². The summed E-state index contributed by atoms with van der Waals surface area (Å²) in [6.07, 6.45) is 1.03. The highest BCUT2D eigenvalue weighted by atomic mass is 14.5. The maximum absolute atomic E-state index is 6.15. The zero-order valence-corrected chi connectivity index (χ0v) is 2.23. The van der Waals surface area contributed by atoms with Crippen molar-refractivity contribution in [1.29, 1.82) is 5.41 Å². The van der Waals surface area contributed by atoms with Crippen LogP contribution in [-0.2, 0) is 0 Å². The van der Waals surface area contributed by atoms with Crippen molar-refractivity contribution in [2.75, 3.05) is 0 Å². The van der Waals surface area contributed by atoms with Crippen LogP contribution in [0.15, 0.2) is 0 Å². The molecule has 4 heavy (non-hydrogen) atoms. The van der Waals surface area contributed by atoms with Crippen molar-refractivity contribution in [2.45, 2.75) is 0 Å². The van der Waals surface area contributed by atoms with Crippen molar-refractivity contribution in [2.24, 2.45) is 5.73 Å². The molecular weight excluding hydrogens is 52.0 g/mol. The molecule has 0 aliphatic carbocycles. The first kappa shape index (κ1) is 3.63. The topological polar surface area (TPSA) is 49.9 Å². The molecule has 0 aliphatic heterocycles. The van der Waals surface area contributed by atoms with Crippen molar-refractivity contribution in [3.8, 4) is 0 Å². The molecule has 0 aliphatic rings. The van der Waals surface area contributed by atoms with Crippen LogP contribution >= 0.6 is 0 Å². The van der Waals surface area contributed by atoms with Gasteiger partial charge in [-0.05, 0) is 0 Å². The normalized spacial score (nSPS) is 6.25. The second kappa shape index (κ2) is 2.63. The van der Waals surface area contributed by atoms with Crippen LogP contribution in [0.25, 0.3) is 0 Å². The standard InChI is InChI=1S/C2H5N2/c3-1-2-4/h1-3H,4H2. The quantitative estimate of drug-likeness (QED) is 0.401. The summed E-state index contributed by atoms with van der Waals surface area (Å²) in [6.45, 7) is 1.17. The summed E-state index contributed by atoms with van der Waals surface area (Å²) in [5.74, 6) is 0. The Morgan fingerprint density at radius 3 is 2.00 bits per heavy atom. The maximum atomic E-state index is 6.15. The fourth-order valence-corrected chi connectivity index (χ4v) is 0. The Morgan fingerprint density at radius 2 is 2.00 bits per heavy atom. The smallest absolute Gasteiger partial charge is 0.0597 e. The second-order valence-corrected chi connectivity index (χ2v) is 0.359. The third-order valence-electron chi connectivity index (χ3n) is 0.0962. The predicted molar refractivity (Wildman–Crippen MR) is 17.3 cm³/mol. The van der Waals surface area contributed by atoms with E-state index < -0.39 is 0 Å². The van der Waals surface area contributed by atoms with Gasteiger partial charge in [-0.3, -0.25) is 0 Å². The number of rotatable bonds is 1. The number of hydrogen-bond donors (Lipinski definition) is 2. The van der Waals surface area contributed by atoms with Gasteiger partial charge < -0.3 is 11.1 Å². The van der Waals surface area contributed by atoms with Gasteiger partial charge in [0, 0.05) is 6.21 Å². The Labute approximate surface area is 25.1 Å². The second-order valence-electron chi connectivity index (χ2n) is 0.359. The monoisotopic (exact) mass is 57.0 g/mol. The minimum atomic E-state index is 1.03. The number of nitrogens with one attached hydrogen (secondary N) is 1. The van der Waals surface area contributed by atoms with Crippen LogP contribution in [-0.4, -0.2) is 6.21 Å². The summed E-state index contributed by atoms with van der Waals surface area (Å²) < 4.78 is 0. The van der Waals surface area contributed by atoms with Gasteiger partial charge in [0.1, 0.15) is 0 Å². The Bertz CT molecular complexity index is 18.0. The summed E-state index contributed by atoms with van der Waals surface area (Å²) in [5, 5.41) is 6.15. The fourth-order valence-electron chi connectivity index (χ4n) is 0. The van der Waals surface area contributed by atoms with Crippen LogP contribution in [0.4, 0.5) is 0 Å². The van der Waals surface area contributed by atoms with Gasteiger partial charge in [-0.15, -0.1) is 0 Å². The molecule has 0 fully saturated rings. The van der Waals surface area contributed by atoms with Crippen LogP contribution in [0.5, 0.6) is 0 Å². The maximum Gasteiger partial charge on any atom is 0.0597 e. The first-order valence-electron chi connectivity index (χ1n) is 0.955. The molecule has 2 heteroatoms. The minimum absolute atomic E-state index is 1.03. The molecule has 0 aromatic heterocycles. The van der Waals surface area contributed by atoms with Gasteiger partial charge in [-0.25, -0.2) is 0 Å². The van der Waals surface area contributed by atoms with E-state index in [0.717, 1.165) is 6.21 Å². The van der Waals surface area contributed by atoms with Crippen molar-refractivity contribution in [3.63, 3.8) is 0 Å². The van der Waals surface area contributed by atoms with Gasteiger partial charge in [0.15, 0.2) is 0 Å². The van der Waals surface area contributed by atoms with Gasteiger partial charge >= 0.3 is 0 Å². The van der Waals surface area contributed by atoms with Gasteiger partial charge in [-0.2, -0.15) is 0 Å². The van der Waals surface area contributed by atoms with Crippen molar-refractivity contribution >= 4 is 6.21 Å². The lowest BCUT2D eigenvalue weighted by atomic mass is 10.8. The van der Waals surface area contributed by atoms with Gasteiger partial charge in [0.05, 0.1) is 6.54 Å². The molecule has 0 saturated carbocycles. The van der Waals surface area contributed by atoms with Gasteiger partial charge in [0.25, 0.3) is 0 Å². The van der Waals surface area contributed by atoms with E-state index >= 15 is 0 Å². The van der Waals surface area contributed by atoms with Gasteiger partial charge in [-0.1, -0.05) is 0 Å². The van der Waals surface area contributed by atoms with E-state index in [-0.39, 0.29) is 0 Å². The summed E-state index contributed by atoms with van der Waals surface area (Å²) in [6, 6.07) is 0. The highest BCUT2D eigenvalue weighted by molar-refractivity contribution is 5.62. The average Bonchev–Trinajstić information content (AvgIpc) is 1.37. The summed E-state index contributed by atoms with van der Waals surface area (Å²) in [5.41, 5.74) is 4.66. The molecule has 0 unspecified atom stereocenters. The van der Waals surface area contributed by atoms with E-state index in [4.69, 9.17) is 5.41 Å². The van der Waals surface area contributed by atoms with Gasteiger partial charge in [0.2, 0.25) is 0 Å². The molecular formula is C2H5N2. The van der Waals surface area contributed by atoms with Crippen LogP contribution < -0.4 is 5.73 Å². The lowest BCUT2D eigenvalue weighted by Gasteiger charge is -1.57. The molecule has 2 nitrogen and oxygen atoms in total. The Hall–Kier alpha value is -0.370. The van der Waals surface area contributed by atoms with Crippen LogP contribution in [0, 0.1) is 12.0 Å². The van der Waals surface area contributed by atoms with Crippen molar-refractivity contribution in [3.05, 3.63) is 6.54 Å². The molecule has 0 aromatic rings. The third kappa shape index (κ3) is 1.63. The Kier molecular flexibility index (Phi) is 2.39. The van der Waals surface area contributed by atoms with Crippen molar-refractivity contribution in [1.82, 2.24) is 0 Å². The summed E-state index contributed by atoms with van der Waals surface area (Å²) >= 11 is 0. The van der Waals surface area contributed by atoms with Crippen LogP contribution in [0.1, 0.15) is 0 Å². The molecule has 0 spiro atoms. The molecule has 1 radical (unpaired) electrons. The molecule has 0 bridgehead atoms. The number of hydrogen-bond acceptors (Lipinski definition) is 2. The van der Waals surface area contributed by atoms with Crippen LogP contribution in [0.2, 0.25) is 0 Å². The fraction of sp³-hybridized carbons (Fsp3) is 0. The lowest BCUT2D eigenvalue weighted by Crippen LogP contribution is -1.86. The molecule has 3 N–H and O–H groups in total. The highest BCUT2D eigenvalue weighted by Crippen LogP contribution is 1.33. The molecule has 0 rings (SSSR count). The first-order valence-corrected chi connectivity index (χ1v) is 0.955. The molecule has 0 atom stereocenters. The zero-order valence-electron chi connectivity index (χ0n) is 2.23. The zero-order chi connectivity index (χ0) is 3.41. The Morgan fingerprint density at radius 1 is 1.75 bits per heavy atom. The lowest BCUT2D eigenvalue weighted by molar-refractivity contribution is 1.46. The molecule has 0 aromatic carbocycles. The highest BCUT2D eigenvalue weighted by Gasteiger charge is 1.47. The predicted octanol–water partition coefficient (Wildman–Crippen LogP) is -0.244. The van der Waals surface area contributed by atoms with Crippen LogP contribution in [0.3, 0.4) is 0 Å². The SMILES string of the molecule is N=C[CH]N. The average molecular weight is 57.1 g/mol. The molecule has 0 heterocycles. The first-order chi connectivity index (χ1) is 1.91. The van der Waals surface area contributed by atoms with E-state index in [1.165, 1.54) is 6.54 Å². The van der Waals surface area contributed by atoms with E-state index in [0.29, 0.717) is 0 Å². The minimum Gasteiger partial charge on any atom is -0.322 e. The summed E-state index contributed by atoms with van der Waals surface area (Å²) in [7, 11) is 0. The van der Waals surface area contributed by atoms with Crippen molar-refractivity contribution < 1.29 is 0 Å².